The van der Waals surface area contributed by atoms with E-state index in [1.807, 2.05) is 11.3 Å². The minimum Gasteiger partial charge on any atom is -0.310 e. The zero-order chi connectivity index (χ0) is 49.3. The first-order valence-corrected chi connectivity index (χ1v) is 26.4. The van der Waals surface area contributed by atoms with Crippen LogP contribution in [0.4, 0.5) is 34.1 Å². The Bertz CT molecular complexity index is 4180. The Hall–Kier alpha value is -9.02. The van der Waals surface area contributed by atoms with Crippen LogP contribution in [0.1, 0.15) is 25.0 Å². The van der Waals surface area contributed by atoms with E-state index in [9.17, 15) is 0 Å². The standard InChI is InChI=1S/C71H50N2S/c1-71(2)67-44-54(31-38-63(67)65-39-30-52-20-11-12-22-62(52)70(65)71)55-42-60(72(56-32-25-50(26-33-56)47-15-5-3-6-16-47)57-34-27-51(28-35-57)48-17-7-4-8-18-48)45-61(43-55)73(58-36-29-49-19-9-10-21-53(49)41-58)59-37-40-69-66(46-59)64-23-13-14-24-68(64)74-69/h3-46H,1-2H3. The second-order valence-corrected chi connectivity index (χ2v) is 21.2. The molecule has 14 rings (SSSR count). The SMILES string of the molecule is CC1(C)c2cc(-c3cc(N(c4ccc(-c5ccccc5)cc4)c4ccc(-c5ccccc5)cc4)cc(N(c4ccc5ccccc5c4)c4ccc5sc6ccccc6c5c4)c3)ccc2-c2ccc3ccccc3c21. The number of hydrogen-bond donors (Lipinski definition) is 0. The van der Waals surface area contributed by atoms with Gasteiger partial charge < -0.3 is 9.80 Å². The Morgan fingerprint density at radius 1 is 0.284 bits per heavy atom. The Morgan fingerprint density at radius 2 is 0.770 bits per heavy atom. The van der Waals surface area contributed by atoms with Gasteiger partial charge in [-0.2, -0.15) is 0 Å². The second kappa shape index (κ2) is 17.6. The number of anilines is 6. The van der Waals surface area contributed by atoms with Crippen molar-refractivity contribution in [2.24, 2.45) is 0 Å². The molecule has 0 saturated carbocycles. The van der Waals surface area contributed by atoms with Gasteiger partial charge in [-0.1, -0.05) is 196 Å². The minimum absolute atomic E-state index is 0.217. The molecule has 0 saturated heterocycles. The number of nitrogens with zero attached hydrogens (tertiary/aromatic N) is 2. The summed E-state index contributed by atoms with van der Waals surface area (Å²) >= 11 is 1.86. The summed E-state index contributed by atoms with van der Waals surface area (Å²) < 4.78 is 2.57. The van der Waals surface area contributed by atoms with Gasteiger partial charge in [-0.25, -0.2) is 0 Å². The first kappa shape index (κ1) is 43.7. The highest BCUT2D eigenvalue weighted by Gasteiger charge is 2.37. The highest BCUT2D eigenvalue weighted by atomic mass is 32.1. The van der Waals surface area contributed by atoms with Gasteiger partial charge in [0.2, 0.25) is 0 Å². The molecular formula is C71H50N2S. The lowest BCUT2D eigenvalue weighted by Crippen LogP contribution is -2.15. The van der Waals surface area contributed by atoms with E-state index in [4.69, 9.17) is 0 Å². The van der Waals surface area contributed by atoms with Gasteiger partial charge in [0.1, 0.15) is 0 Å². The van der Waals surface area contributed by atoms with Crippen molar-refractivity contribution in [1.29, 1.82) is 0 Å². The molecular weight excluding hydrogens is 913 g/mol. The Morgan fingerprint density at radius 3 is 1.46 bits per heavy atom. The third-order valence-corrected chi connectivity index (χ3v) is 16.5. The molecule has 1 heterocycles. The van der Waals surface area contributed by atoms with Crippen molar-refractivity contribution in [3.05, 3.63) is 278 Å². The van der Waals surface area contributed by atoms with Crippen LogP contribution in [0.3, 0.4) is 0 Å². The van der Waals surface area contributed by atoms with Crippen molar-refractivity contribution >= 4 is 87.2 Å². The quantitative estimate of drug-likeness (QED) is 0.142. The molecule has 0 amide bonds. The predicted octanol–water partition coefficient (Wildman–Crippen LogP) is 20.6. The number of rotatable bonds is 9. The van der Waals surface area contributed by atoms with Crippen molar-refractivity contribution in [1.82, 2.24) is 0 Å². The van der Waals surface area contributed by atoms with Crippen LogP contribution in [0, 0.1) is 0 Å². The van der Waals surface area contributed by atoms with Gasteiger partial charge in [-0.3, -0.25) is 0 Å². The molecule has 1 aliphatic rings. The summed E-state index contributed by atoms with van der Waals surface area (Å²) in [4.78, 5) is 4.91. The van der Waals surface area contributed by atoms with Gasteiger partial charge in [-0.15, -0.1) is 11.3 Å². The molecule has 0 N–H and O–H groups in total. The lowest BCUT2D eigenvalue weighted by molar-refractivity contribution is 0.666. The zero-order valence-corrected chi connectivity index (χ0v) is 42.0. The van der Waals surface area contributed by atoms with Crippen LogP contribution in [-0.2, 0) is 5.41 Å². The molecule has 3 heteroatoms. The molecule has 0 unspecified atom stereocenters. The number of hydrogen-bond acceptors (Lipinski definition) is 3. The summed E-state index contributed by atoms with van der Waals surface area (Å²) in [5, 5.41) is 7.55. The van der Waals surface area contributed by atoms with Crippen molar-refractivity contribution in [2.45, 2.75) is 19.3 Å². The van der Waals surface area contributed by atoms with Crippen molar-refractivity contribution in [3.8, 4) is 44.5 Å². The topological polar surface area (TPSA) is 6.48 Å². The van der Waals surface area contributed by atoms with E-state index >= 15 is 0 Å². The molecule has 74 heavy (non-hydrogen) atoms. The third kappa shape index (κ3) is 7.47. The van der Waals surface area contributed by atoms with Crippen LogP contribution in [0.5, 0.6) is 0 Å². The van der Waals surface area contributed by atoms with E-state index in [-0.39, 0.29) is 5.41 Å². The second-order valence-electron chi connectivity index (χ2n) is 20.1. The van der Waals surface area contributed by atoms with Crippen LogP contribution < -0.4 is 9.80 Å². The van der Waals surface area contributed by atoms with E-state index in [2.05, 4.69) is 291 Å². The summed E-state index contributed by atoms with van der Waals surface area (Å²) in [5.41, 5.74) is 18.7. The number of benzene rings is 12. The molecule has 13 aromatic rings. The van der Waals surface area contributed by atoms with Gasteiger partial charge in [0.25, 0.3) is 0 Å². The normalized spacial score (nSPS) is 12.6. The molecule has 0 fully saturated rings. The summed E-state index contributed by atoms with van der Waals surface area (Å²) in [5.74, 6) is 0. The highest BCUT2D eigenvalue weighted by molar-refractivity contribution is 7.25. The molecule has 350 valence electrons. The Kier molecular flexibility index (Phi) is 10.4. The van der Waals surface area contributed by atoms with Crippen LogP contribution in [-0.4, -0.2) is 0 Å². The summed E-state index contributed by atoms with van der Waals surface area (Å²) in [6.07, 6.45) is 0. The maximum Gasteiger partial charge on any atom is 0.0488 e. The first-order valence-electron chi connectivity index (χ1n) is 25.6. The summed E-state index contributed by atoms with van der Waals surface area (Å²) in [7, 11) is 0. The molecule has 0 radical (unpaired) electrons. The average Bonchev–Trinajstić information content (AvgIpc) is 3.99. The maximum absolute atomic E-state index is 2.48. The molecule has 0 aliphatic heterocycles. The molecule has 0 bridgehead atoms. The average molecular weight is 963 g/mol. The van der Waals surface area contributed by atoms with Crippen LogP contribution >= 0.6 is 11.3 Å². The molecule has 0 atom stereocenters. The van der Waals surface area contributed by atoms with Crippen molar-refractivity contribution in [3.63, 3.8) is 0 Å². The number of fused-ring (bicyclic) bond motifs is 9. The monoisotopic (exact) mass is 962 g/mol. The molecule has 1 aliphatic carbocycles. The fourth-order valence-electron chi connectivity index (χ4n) is 11.7. The molecule has 1 aromatic heterocycles. The molecule has 12 aromatic carbocycles. The maximum atomic E-state index is 2.48. The summed E-state index contributed by atoms with van der Waals surface area (Å²) in [6.45, 7) is 4.81. The van der Waals surface area contributed by atoms with Gasteiger partial charge in [0.15, 0.2) is 0 Å². The highest BCUT2D eigenvalue weighted by Crippen LogP contribution is 2.53. The predicted molar refractivity (Wildman–Crippen MR) is 318 cm³/mol. The largest absolute Gasteiger partial charge is 0.310 e. The van der Waals surface area contributed by atoms with Gasteiger partial charge in [0.05, 0.1) is 0 Å². The fraction of sp³-hybridized carbons (Fsp3) is 0.0423. The van der Waals surface area contributed by atoms with Gasteiger partial charge in [-0.05, 0) is 162 Å². The summed E-state index contributed by atoms with van der Waals surface area (Å²) in [6, 6.07) is 98.7. The van der Waals surface area contributed by atoms with Crippen LogP contribution in [0.25, 0.3) is 86.2 Å². The van der Waals surface area contributed by atoms with Crippen LogP contribution in [0.2, 0.25) is 0 Å². The van der Waals surface area contributed by atoms with E-state index in [1.54, 1.807) is 0 Å². The fourth-order valence-corrected chi connectivity index (χ4v) is 12.8. The Labute approximate surface area is 436 Å². The lowest BCUT2D eigenvalue weighted by Gasteiger charge is -2.31. The van der Waals surface area contributed by atoms with E-state index in [0.29, 0.717) is 0 Å². The lowest BCUT2D eigenvalue weighted by atomic mass is 9.79. The van der Waals surface area contributed by atoms with Gasteiger partial charge in [0, 0.05) is 59.7 Å². The third-order valence-electron chi connectivity index (χ3n) is 15.4. The molecule has 2 nitrogen and oxygen atoms in total. The first-order chi connectivity index (χ1) is 36.4. The van der Waals surface area contributed by atoms with E-state index < -0.39 is 0 Å². The minimum atomic E-state index is -0.217. The Balaban J connectivity index is 1.01. The van der Waals surface area contributed by atoms with Crippen molar-refractivity contribution < 1.29 is 0 Å². The van der Waals surface area contributed by atoms with Gasteiger partial charge >= 0.3 is 0 Å². The van der Waals surface area contributed by atoms with E-state index in [0.717, 1.165) is 39.7 Å². The van der Waals surface area contributed by atoms with Crippen molar-refractivity contribution in [2.75, 3.05) is 9.80 Å². The molecule has 0 spiro atoms. The van der Waals surface area contributed by atoms with E-state index in [1.165, 1.54) is 91.8 Å². The number of thiophene rings is 1. The van der Waals surface area contributed by atoms with Crippen LogP contribution in [0.15, 0.2) is 267 Å². The smallest absolute Gasteiger partial charge is 0.0488 e. The zero-order valence-electron chi connectivity index (χ0n) is 41.2.